The van der Waals surface area contributed by atoms with E-state index in [1.165, 1.54) is 0 Å². The molecule has 30 heavy (non-hydrogen) atoms. The fourth-order valence-corrected chi connectivity index (χ4v) is 3.28. The Morgan fingerprint density at radius 3 is 2.87 bits per heavy atom. The lowest BCUT2D eigenvalue weighted by atomic mass is 10.2. The third-order valence-corrected chi connectivity index (χ3v) is 4.97. The van der Waals surface area contributed by atoms with Crippen LogP contribution in [-0.4, -0.2) is 73.4 Å². The van der Waals surface area contributed by atoms with Gasteiger partial charge in [0, 0.05) is 62.5 Å². The number of anilines is 1. The molecule has 4 rings (SSSR count). The molecule has 9 nitrogen and oxygen atoms in total. The van der Waals surface area contributed by atoms with Crippen LogP contribution in [0.1, 0.15) is 5.56 Å². The van der Waals surface area contributed by atoms with E-state index in [1.54, 1.807) is 6.07 Å². The van der Waals surface area contributed by atoms with E-state index in [0.29, 0.717) is 25.0 Å². The van der Waals surface area contributed by atoms with E-state index in [-0.39, 0.29) is 0 Å². The van der Waals surface area contributed by atoms with E-state index in [2.05, 4.69) is 36.1 Å². The Hall–Kier alpha value is -3.04. The smallest absolute Gasteiger partial charge is 0.320 e. The molecule has 1 aromatic carbocycles. The zero-order valence-electron chi connectivity index (χ0n) is 17.4. The number of nitrogens with zero attached hydrogens (tertiary/aromatic N) is 6. The number of morpholine rings is 1. The molecule has 0 aliphatic carbocycles. The first-order valence-electron chi connectivity index (χ1n) is 10.1. The van der Waals surface area contributed by atoms with Gasteiger partial charge in [-0.15, -0.1) is 5.11 Å². The van der Waals surface area contributed by atoms with Crippen LogP contribution in [-0.2, 0) is 11.3 Å². The number of azo groups is 1. The van der Waals surface area contributed by atoms with Crippen molar-refractivity contribution < 1.29 is 9.47 Å². The summed E-state index contributed by atoms with van der Waals surface area (Å²) in [5, 5.41) is 9.82. The summed E-state index contributed by atoms with van der Waals surface area (Å²) in [7, 11) is 3.85. The van der Waals surface area contributed by atoms with Gasteiger partial charge < -0.3 is 19.4 Å². The van der Waals surface area contributed by atoms with Crippen LogP contribution in [0.3, 0.4) is 0 Å². The minimum Gasteiger partial charge on any atom is -0.462 e. The second kappa shape index (κ2) is 9.64. The number of aromatic amines is 1. The highest BCUT2D eigenvalue weighted by Crippen LogP contribution is 2.22. The molecule has 2 aromatic heterocycles. The quantitative estimate of drug-likeness (QED) is 0.575. The van der Waals surface area contributed by atoms with Gasteiger partial charge in [-0.1, -0.05) is 18.2 Å². The van der Waals surface area contributed by atoms with Gasteiger partial charge in [-0.2, -0.15) is 15.1 Å². The predicted molar refractivity (Wildman–Crippen MR) is 116 cm³/mol. The van der Waals surface area contributed by atoms with Gasteiger partial charge in [-0.25, -0.2) is 0 Å². The van der Waals surface area contributed by atoms with Gasteiger partial charge >= 0.3 is 6.01 Å². The minimum absolute atomic E-state index is 0.315. The van der Waals surface area contributed by atoms with E-state index >= 15 is 0 Å². The summed E-state index contributed by atoms with van der Waals surface area (Å²) in [6, 6.07) is 10.3. The molecule has 3 heterocycles. The maximum absolute atomic E-state index is 5.81. The summed E-state index contributed by atoms with van der Waals surface area (Å²) in [6.45, 7) is 5.20. The minimum atomic E-state index is 0.315. The molecule has 158 valence electrons. The average molecular weight is 409 g/mol. The molecule has 0 radical (unpaired) electrons. The fourth-order valence-electron chi connectivity index (χ4n) is 3.28. The Balaban J connectivity index is 1.41. The molecule has 1 aliphatic heterocycles. The lowest BCUT2D eigenvalue weighted by molar-refractivity contribution is 0.0317. The molecule has 9 heteroatoms. The van der Waals surface area contributed by atoms with E-state index in [1.807, 2.05) is 43.4 Å². The number of ether oxygens (including phenoxy) is 2. The maximum Gasteiger partial charge on any atom is 0.320 e. The number of para-hydroxylation sites is 1. The van der Waals surface area contributed by atoms with Crippen LogP contribution in [0.25, 0.3) is 10.9 Å². The molecule has 0 saturated carbocycles. The summed E-state index contributed by atoms with van der Waals surface area (Å²) in [6.07, 6.45) is 1.97. The number of nitrogens with one attached hydrogen (secondary N) is 1. The highest BCUT2D eigenvalue weighted by molar-refractivity contribution is 5.82. The van der Waals surface area contributed by atoms with Gasteiger partial charge in [0.25, 0.3) is 0 Å². The van der Waals surface area contributed by atoms with Crippen LogP contribution < -0.4 is 9.64 Å². The van der Waals surface area contributed by atoms with Gasteiger partial charge in [0.15, 0.2) is 5.82 Å². The number of rotatable bonds is 8. The first-order chi connectivity index (χ1) is 14.7. The Labute approximate surface area is 175 Å². The summed E-state index contributed by atoms with van der Waals surface area (Å²) in [4.78, 5) is 16.3. The average Bonchev–Trinajstić information content (AvgIpc) is 3.18. The van der Waals surface area contributed by atoms with Crippen molar-refractivity contribution in [2.75, 3.05) is 58.5 Å². The molecule has 0 amide bonds. The second-order valence-electron chi connectivity index (χ2n) is 7.32. The lowest BCUT2D eigenvalue weighted by Crippen LogP contribution is -2.38. The van der Waals surface area contributed by atoms with E-state index in [4.69, 9.17) is 9.47 Å². The zero-order chi connectivity index (χ0) is 20.8. The summed E-state index contributed by atoms with van der Waals surface area (Å²) in [5.74, 6) is 1.21. The molecule has 1 fully saturated rings. The van der Waals surface area contributed by atoms with Gasteiger partial charge in [0.05, 0.1) is 19.8 Å². The number of H-pyrrole nitrogens is 1. The Kier molecular flexibility index (Phi) is 6.50. The molecule has 0 spiro atoms. The Bertz CT molecular complexity index is 996. The van der Waals surface area contributed by atoms with Crippen molar-refractivity contribution in [3.63, 3.8) is 0 Å². The zero-order valence-corrected chi connectivity index (χ0v) is 17.4. The summed E-state index contributed by atoms with van der Waals surface area (Å²) < 4.78 is 11.2. The van der Waals surface area contributed by atoms with Gasteiger partial charge in [0.1, 0.15) is 12.4 Å². The largest absolute Gasteiger partial charge is 0.462 e. The SMILES string of the molecule is CN(C)c1cc(N=NCc2c[nH]c3ccccc23)nc(OCCN2CCOCC2)n1. The topological polar surface area (TPSA) is 91.2 Å². The molecule has 0 bridgehead atoms. The van der Waals surface area contributed by atoms with E-state index in [0.717, 1.165) is 55.1 Å². The molecule has 1 aliphatic rings. The van der Waals surface area contributed by atoms with Crippen LogP contribution in [0, 0.1) is 0 Å². The van der Waals surface area contributed by atoms with Crippen LogP contribution in [0.15, 0.2) is 46.8 Å². The lowest BCUT2D eigenvalue weighted by Gasteiger charge is -2.26. The highest BCUT2D eigenvalue weighted by atomic mass is 16.5. The van der Waals surface area contributed by atoms with Crippen molar-refractivity contribution in [1.82, 2.24) is 19.9 Å². The van der Waals surface area contributed by atoms with Crippen molar-refractivity contribution in [3.05, 3.63) is 42.1 Å². The third kappa shape index (κ3) is 5.11. The van der Waals surface area contributed by atoms with E-state index in [9.17, 15) is 0 Å². The van der Waals surface area contributed by atoms with Crippen molar-refractivity contribution in [2.24, 2.45) is 10.2 Å². The molecular formula is C21H27N7O2. The third-order valence-electron chi connectivity index (χ3n) is 4.97. The van der Waals surface area contributed by atoms with Crippen LogP contribution in [0.2, 0.25) is 0 Å². The van der Waals surface area contributed by atoms with Crippen LogP contribution >= 0.6 is 0 Å². The van der Waals surface area contributed by atoms with Crippen LogP contribution in [0.4, 0.5) is 11.6 Å². The van der Waals surface area contributed by atoms with Crippen molar-refractivity contribution in [2.45, 2.75) is 6.54 Å². The molecule has 3 aromatic rings. The Morgan fingerprint density at radius 1 is 1.20 bits per heavy atom. The number of hydrogen-bond donors (Lipinski definition) is 1. The number of hydrogen-bond acceptors (Lipinski definition) is 8. The normalized spacial score (nSPS) is 15.1. The van der Waals surface area contributed by atoms with Crippen LogP contribution in [0.5, 0.6) is 6.01 Å². The standard InChI is InChI=1S/C21H27N7O2/c1-27(2)20-13-19(24-21(25-20)30-12-9-28-7-10-29-11-8-28)26-23-15-16-14-22-18-6-4-3-5-17(16)18/h3-6,13-14,22H,7-12,15H2,1-2H3. The van der Waals surface area contributed by atoms with Gasteiger partial charge in [0.2, 0.25) is 0 Å². The molecular weight excluding hydrogens is 382 g/mol. The van der Waals surface area contributed by atoms with E-state index < -0.39 is 0 Å². The molecule has 0 unspecified atom stereocenters. The summed E-state index contributed by atoms with van der Waals surface area (Å²) >= 11 is 0. The van der Waals surface area contributed by atoms with Crippen molar-refractivity contribution >= 4 is 22.5 Å². The van der Waals surface area contributed by atoms with Crippen molar-refractivity contribution in [3.8, 4) is 6.01 Å². The van der Waals surface area contributed by atoms with Crippen molar-refractivity contribution in [1.29, 1.82) is 0 Å². The number of aromatic nitrogens is 3. The predicted octanol–water partition coefficient (Wildman–Crippen LogP) is 3.02. The molecule has 1 saturated heterocycles. The monoisotopic (exact) mass is 409 g/mol. The number of fused-ring (bicyclic) bond motifs is 1. The molecule has 0 atom stereocenters. The summed E-state index contributed by atoms with van der Waals surface area (Å²) in [5.41, 5.74) is 2.19. The Morgan fingerprint density at radius 2 is 2.03 bits per heavy atom. The first kappa shape index (κ1) is 20.2. The second-order valence-corrected chi connectivity index (χ2v) is 7.32. The maximum atomic E-state index is 5.81. The van der Waals surface area contributed by atoms with Gasteiger partial charge in [-0.05, 0) is 6.07 Å². The first-order valence-corrected chi connectivity index (χ1v) is 10.1. The molecule has 1 N–H and O–H groups in total. The van der Waals surface area contributed by atoms with Gasteiger partial charge in [-0.3, -0.25) is 4.90 Å². The fraction of sp³-hybridized carbons (Fsp3) is 0.429. The highest BCUT2D eigenvalue weighted by Gasteiger charge is 2.12. The number of benzene rings is 1.